The van der Waals surface area contributed by atoms with Gasteiger partial charge in [0, 0.05) is 16.3 Å². The lowest BCUT2D eigenvalue weighted by atomic mass is 10.1. The molecule has 3 aromatic carbocycles. The average Bonchev–Trinajstić information content (AvgIpc) is 2.74. The number of aryl methyl sites for hydroxylation is 1. The van der Waals surface area contributed by atoms with Gasteiger partial charge in [0.2, 0.25) is 0 Å². The molecule has 3 rings (SSSR count). The summed E-state index contributed by atoms with van der Waals surface area (Å²) in [5, 5.41) is 6.47. The number of carbonyl (C=O) groups is 2. The third-order valence-electron chi connectivity index (χ3n) is 4.84. The molecule has 31 heavy (non-hydrogen) atoms. The molecule has 0 heterocycles. The van der Waals surface area contributed by atoms with E-state index < -0.39 is 6.10 Å². The van der Waals surface area contributed by atoms with Crippen molar-refractivity contribution in [2.75, 3.05) is 10.6 Å². The molecule has 5 nitrogen and oxygen atoms in total. The Bertz CT molecular complexity index is 1110. The summed E-state index contributed by atoms with van der Waals surface area (Å²) in [4.78, 5) is 25.0. The summed E-state index contributed by atoms with van der Waals surface area (Å²) in [6, 6.07) is 17.1. The fourth-order valence-corrected chi connectivity index (χ4v) is 3.19. The van der Waals surface area contributed by atoms with E-state index >= 15 is 0 Å². The topological polar surface area (TPSA) is 67.4 Å². The molecule has 0 bridgehead atoms. The van der Waals surface area contributed by atoms with E-state index in [1.165, 1.54) is 0 Å². The van der Waals surface area contributed by atoms with E-state index in [2.05, 4.69) is 10.6 Å². The second-order valence-corrected chi connectivity index (χ2v) is 7.94. The van der Waals surface area contributed by atoms with E-state index in [1.54, 1.807) is 49.4 Å². The maximum atomic E-state index is 12.5. The maximum absolute atomic E-state index is 12.5. The molecule has 0 radical (unpaired) electrons. The predicted octanol–water partition coefficient (Wildman–Crippen LogP) is 6.27. The Morgan fingerprint density at radius 2 is 1.61 bits per heavy atom. The Kier molecular flexibility index (Phi) is 7.21. The summed E-state index contributed by atoms with van der Waals surface area (Å²) in [7, 11) is 0. The van der Waals surface area contributed by atoms with E-state index in [1.807, 2.05) is 32.0 Å². The number of ether oxygens (including phenoxy) is 1. The fourth-order valence-electron chi connectivity index (χ4n) is 2.85. The number of anilines is 2. The second-order valence-electron chi connectivity index (χ2n) is 7.10. The van der Waals surface area contributed by atoms with Gasteiger partial charge in [0.05, 0.1) is 10.7 Å². The predicted molar refractivity (Wildman–Crippen MR) is 125 cm³/mol. The van der Waals surface area contributed by atoms with Gasteiger partial charge in [-0.15, -0.1) is 0 Å². The van der Waals surface area contributed by atoms with Gasteiger partial charge in [-0.2, -0.15) is 0 Å². The Balaban J connectivity index is 1.61. The number of benzene rings is 3. The summed E-state index contributed by atoms with van der Waals surface area (Å²) in [5.74, 6) is -0.122. The molecule has 0 unspecified atom stereocenters. The molecule has 2 N–H and O–H groups in total. The normalized spacial score (nSPS) is 11.5. The molecule has 0 aromatic heterocycles. The summed E-state index contributed by atoms with van der Waals surface area (Å²) < 4.78 is 5.72. The number of nitrogens with one attached hydrogen (secondary N) is 2. The fraction of sp³-hybridized carbons (Fsp3) is 0.167. The third-order valence-corrected chi connectivity index (χ3v) is 5.40. The van der Waals surface area contributed by atoms with Crippen molar-refractivity contribution in [2.24, 2.45) is 0 Å². The van der Waals surface area contributed by atoms with Crippen LogP contribution in [0.2, 0.25) is 10.0 Å². The van der Waals surface area contributed by atoms with Crippen molar-refractivity contribution in [3.63, 3.8) is 0 Å². The Labute approximate surface area is 191 Å². The molecule has 7 heteroatoms. The van der Waals surface area contributed by atoms with Crippen molar-refractivity contribution in [3.05, 3.63) is 87.4 Å². The van der Waals surface area contributed by atoms with Gasteiger partial charge in [-0.1, -0.05) is 35.3 Å². The number of hydrogen-bond donors (Lipinski definition) is 2. The van der Waals surface area contributed by atoms with Crippen molar-refractivity contribution in [1.29, 1.82) is 0 Å². The van der Waals surface area contributed by atoms with Crippen LogP contribution in [0.15, 0.2) is 60.7 Å². The molecule has 0 saturated carbocycles. The van der Waals surface area contributed by atoms with Gasteiger partial charge in [-0.25, -0.2) is 0 Å². The average molecular weight is 457 g/mol. The summed E-state index contributed by atoms with van der Waals surface area (Å²) in [5.41, 5.74) is 3.71. The quantitative estimate of drug-likeness (QED) is 0.459. The van der Waals surface area contributed by atoms with Crippen LogP contribution in [0.25, 0.3) is 0 Å². The lowest BCUT2D eigenvalue weighted by Crippen LogP contribution is -2.30. The first-order chi connectivity index (χ1) is 14.7. The van der Waals surface area contributed by atoms with E-state index in [9.17, 15) is 9.59 Å². The highest BCUT2D eigenvalue weighted by Crippen LogP contribution is 2.26. The number of hydrogen-bond acceptors (Lipinski definition) is 3. The molecule has 0 saturated heterocycles. The van der Waals surface area contributed by atoms with Crippen molar-refractivity contribution in [1.82, 2.24) is 0 Å². The number of carbonyl (C=O) groups excluding carboxylic acids is 2. The van der Waals surface area contributed by atoms with Crippen LogP contribution < -0.4 is 15.4 Å². The highest BCUT2D eigenvalue weighted by molar-refractivity contribution is 6.35. The van der Waals surface area contributed by atoms with Crippen molar-refractivity contribution in [2.45, 2.75) is 26.9 Å². The first kappa shape index (κ1) is 22.7. The molecule has 2 amide bonds. The van der Waals surface area contributed by atoms with E-state index in [0.717, 1.165) is 16.8 Å². The van der Waals surface area contributed by atoms with Crippen LogP contribution in [0.3, 0.4) is 0 Å². The number of halogens is 2. The highest BCUT2D eigenvalue weighted by Gasteiger charge is 2.17. The van der Waals surface area contributed by atoms with Gasteiger partial charge in [0.15, 0.2) is 6.10 Å². The van der Waals surface area contributed by atoms with Crippen LogP contribution in [-0.2, 0) is 4.79 Å². The third kappa shape index (κ3) is 5.78. The molecule has 1 atom stereocenters. The van der Waals surface area contributed by atoms with Crippen LogP contribution in [0.4, 0.5) is 11.4 Å². The number of amides is 2. The molecule has 3 aromatic rings. The van der Waals surface area contributed by atoms with Crippen LogP contribution in [0.1, 0.15) is 28.4 Å². The first-order valence-electron chi connectivity index (χ1n) is 9.65. The Hall–Kier alpha value is -3.02. The van der Waals surface area contributed by atoms with E-state index in [4.69, 9.17) is 27.9 Å². The van der Waals surface area contributed by atoms with E-state index in [-0.39, 0.29) is 11.8 Å². The van der Waals surface area contributed by atoms with Gasteiger partial charge < -0.3 is 15.4 Å². The molecular weight excluding hydrogens is 435 g/mol. The van der Waals surface area contributed by atoms with Crippen LogP contribution in [0, 0.1) is 13.8 Å². The molecular formula is C24H22Cl2N2O3. The SMILES string of the molecule is Cc1cccc(NC(=O)[C@@H](C)Oc2ccc(C(=O)Nc3cc(Cl)ccc3Cl)cc2)c1C. The maximum Gasteiger partial charge on any atom is 0.265 e. The lowest BCUT2D eigenvalue weighted by Gasteiger charge is -2.16. The standard InChI is InChI=1S/C24H22Cl2N2O3/c1-14-5-4-6-21(15(14)2)27-23(29)16(3)31-19-10-7-17(8-11-19)24(30)28-22-13-18(25)9-12-20(22)26/h4-13,16H,1-3H3,(H,27,29)(H,28,30)/t16-/m1/s1. The minimum Gasteiger partial charge on any atom is -0.481 e. The monoisotopic (exact) mass is 456 g/mol. The van der Waals surface area contributed by atoms with Crippen molar-refractivity contribution in [3.8, 4) is 5.75 Å². The molecule has 0 aliphatic rings. The van der Waals surface area contributed by atoms with Crippen molar-refractivity contribution >= 4 is 46.4 Å². The summed E-state index contributed by atoms with van der Waals surface area (Å²) in [6.45, 7) is 5.61. The summed E-state index contributed by atoms with van der Waals surface area (Å²) in [6.07, 6.45) is -0.718. The lowest BCUT2D eigenvalue weighted by molar-refractivity contribution is -0.122. The largest absolute Gasteiger partial charge is 0.481 e. The van der Waals surface area contributed by atoms with E-state index in [0.29, 0.717) is 27.0 Å². The highest BCUT2D eigenvalue weighted by atomic mass is 35.5. The van der Waals surface area contributed by atoms with Gasteiger partial charge in [-0.3, -0.25) is 9.59 Å². The van der Waals surface area contributed by atoms with Crippen LogP contribution in [0.5, 0.6) is 5.75 Å². The Morgan fingerprint density at radius 1 is 0.903 bits per heavy atom. The first-order valence-corrected chi connectivity index (χ1v) is 10.4. The van der Waals surface area contributed by atoms with Gasteiger partial charge in [-0.05, 0) is 80.4 Å². The summed E-state index contributed by atoms with van der Waals surface area (Å²) >= 11 is 12.0. The zero-order valence-corrected chi connectivity index (χ0v) is 18.8. The smallest absolute Gasteiger partial charge is 0.265 e. The number of rotatable bonds is 6. The molecule has 0 aliphatic heterocycles. The van der Waals surface area contributed by atoms with Crippen LogP contribution in [-0.4, -0.2) is 17.9 Å². The molecule has 160 valence electrons. The molecule has 0 spiro atoms. The Morgan fingerprint density at radius 3 is 2.32 bits per heavy atom. The molecule has 0 fully saturated rings. The molecule has 0 aliphatic carbocycles. The second kappa shape index (κ2) is 9.86. The van der Waals surface area contributed by atoms with Crippen molar-refractivity contribution < 1.29 is 14.3 Å². The van der Waals surface area contributed by atoms with Gasteiger partial charge in [0.25, 0.3) is 11.8 Å². The zero-order valence-electron chi connectivity index (χ0n) is 17.3. The minimum atomic E-state index is -0.718. The van der Waals surface area contributed by atoms with Crippen LogP contribution >= 0.6 is 23.2 Å². The zero-order chi connectivity index (χ0) is 22.5. The minimum absolute atomic E-state index is 0.258. The van der Waals surface area contributed by atoms with Gasteiger partial charge >= 0.3 is 0 Å². The van der Waals surface area contributed by atoms with Gasteiger partial charge in [0.1, 0.15) is 5.75 Å².